The molecule has 0 bridgehead atoms. The van der Waals surface area contributed by atoms with Crippen molar-refractivity contribution in [3.05, 3.63) is 69.0 Å². The van der Waals surface area contributed by atoms with Crippen molar-refractivity contribution in [2.45, 2.75) is 19.8 Å². The molecule has 0 atom stereocenters. The monoisotopic (exact) mass is 446 g/mol. The van der Waals surface area contributed by atoms with Crippen molar-refractivity contribution in [2.24, 2.45) is 0 Å². The number of thiocarbonyl (C=S) groups is 1. The van der Waals surface area contributed by atoms with Gasteiger partial charge in [-0.3, -0.25) is 9.69 Å². The molecular formula is C20H19BrN2OS2. The highest BCUT2D eigenvalue weighted by Crippen LogP contribution is 2.32. The highest BCUT2D eigenvalue weighted by Gasteiger charge is 2.31. The zero-order valence-corrected chi connectivity index (χ0v) is 17.7. The molecule has 0 radical (unpaired) electrons. The number of thioether (sulfide) groups is 1. The Morgan fingerprint density at radius 3 is 2.62 bits per heavy atom. The number of nitrogens with one attached hydrogen (secondary N) is 1. The first-order valence-electron chi connectivity index (χ1n) is 8.29. The van der Waals surface area contributed by atoms with Crippen molar-refractivity contribution in [1.29, 1.82) is 0 Å². The van der Waals surface area contributed by atoms with Crippen LogP contribution in [0, 0.1) is 0 Å². The molecule has 1 amide bonds. The molecule has 134 valence electrons. The van der Waals surface area contributed by atoms with Crippen LogP contribution in [-0.2, 0) is 4.79 Å². The summed E-state index contributed by atoms with van der Waals surface area (Å²) in [6.45, 7) is 4.68. The van der Waals surface area contributed by atoms with Gasteiger partial charge in [0.1, 0.15) is 4.32 Å². The number of halogens is 1. The summed E-state index contributed by atoms with van der Waals surface area (Å²) in [4.78, 5) is 14.9. The first-order valence-corrected chi connectivity index (χ1v) is 10.3. The topological polar surface area (TPSA) is 32.3 Å². The van der Waals surface area contributed by atoms with Crippen LogP contribution in [0.2, 0.25) is 0 Å². The van der Waals surface area contributed by atoms with E-state index in [2.05, 4.69) is 47.2 Å². The smallest absolute Gasteiger partial charge is 0.267 e. The van der Waals surface area contributed by atoms with Gasteiger partial charge in [-0.05, 0) is 41.3 Å². The van der Waals surface area contributed by atoms with E-state index in [4.69, 9.17) is 12.2 Å². The molecular weight excluding hydrogens is 428 g/mol. The predicted molar refractivity (Wildman–Crippen MR) is 118 cm³/mol. The summed E-state index contributed by atoms with van der Waals surface area (Å²) >= 11 is 10.2. The van der Waals surface area contributed by atoms with E-state index in [9.17, 15) is 4.79 Å². The van der Waals surface area contributed by atoms with Crippen LogP contribution < -0.4 is 5.32 Å². The SMILES string of the molecule is CC(C)c1ccc(/C=C2\SC(=S)N(CNc3cccc(Br)c3)C2=O)cc1. The van der Waals surface area contributed by atoms with Crippen molar-refractivity contribution in [3.8, 4) is 0 Å². The van der Waals surface area contributed by atoms with Crippen LogP contribution in [0.5, 0.6) is 0 Å². The predicted octanol–water partition coefficient (Wildman–Crippen LogP) is 5.84. The minimum atomic E-state index is -0.0598. The fraction of sp³-hybridized carbons (Fsp3) is 0.200. The normalized spacial score (nSPS) is 16.0. The van der Waals surface area contributed by atoms with Gasteiger partial charge >= 0.3 is 0 Å². The van der Waals surface area contributed by atoms with Gasteiger partial charge in [-0.1, -0.05) is 84.1 Å². The number of rotatable bonds is 5. The highest BCUT2D eigenvalue weighted by atomic mass is 79.9. The van der Waals surface area contributed by atoms with Gasteiger partial charge in [0.25, 0.3) is 5.91 Å². The second kappa shape index (κ2) is 8.37. The first kappa shape index (κ1) is 19.1. The van der Waals surface area contributed by atoms with E-state index < -0.39 is 0 Å². The first-order chi connectivity index (χ1) is 12.4. The van der Waals surface area contributed by atoms with Crippen LogP contribution >= 0.6 is 39.9 Å². The van der Waals surface area contributed by atoms with Gasteiger partial charge in [-0.25, -0.2) is 0 Å². The molecule has 1 heterocycles. The van der Waals surface area contributed by atoms with Crippen molar-refractivity contribution in [1.82, 2.24) is 4.90 Å². The summed E-state index contributed by atoms with van der Waals surface area (Å²) in [6, 6.07) is 16.1. The molecule has 3 nitrogen and oxygen atoms in total. The van der Waals surface area contributed by atoms with Gasteiger partial charge in [0.05, 0.1) is 11.6 Å². The van der Waals surface area contributed by atoms with Crippen LogP contribution in [-0.4, -0.2) is 21.8 Å². The standard InChI is InChI=1S/C20H19BrN2OS2/c1-13(2)15-8-6-14(7-9-15)10-18-19(24)23(20(25)26-18)12-22-17-5-3-4-16(21)11-17/h3-11,13,22H,12H2,1-2H3/b18-10-. The Kier molecular flexibility index (Phi) is 6.16. The number of carbonyl (C=O) groups excluding carboxylic acids is 1. The maximum absolute atomic E-state index is 12.7. The van der Waals surface area contributed by atoms with E-state index >= 15 is 0 Å². The molecule has 26 heavy (non-hydrogen) atoms. The molecule has 2 aromatic carbocycles. The summed E-state index contributed by atoms with van der Waals surface area (Å²) < 4.78 is 1.56. The second-order valence-electron chi connectivity index (χ2n) is 6.28. The third-order valence-electron chi connectivity index (χ3n) is 4.04. The van der Waals surface area contributed by atoms with Crippen molar-refractivity contribution in [2.75, 3.05) is 12.0 Å². The molecule has 1 fully saturated rings. The van der Waals surface area contributed by atoms with Crippen LogP contribution in [0.15, 0.2) is 57.9 Å². The van der Waals surface area contributed by atoms with Gasteiger partial charge in [0, 0.05) is 10.2 Å². The lowest BCUT2D eigenvalue weighted by Gasteiger charge is -2.16. The Hall–Kier alpha value is -1.63. The summed E-state index contributed by atoms with van der Waals surface area (Å²) in [7, 11) is 0. The lowest BCUT2D eigenvalue weighted by molar-refractivity contribution is -0.121. The number of carbonyl (C=O) groups is 1. The quantitative estimate of drug-likeness (QED) is 0.461. The number of amides is 1. The van der Waals surface area contributed by atoms with Gasteiger partial charge in [0.2, 0.25) is 0 Å². The Balaban J connectivity index is 1.69. The average molecular weight is 447 g/mol. The van der Waals surface area contributed by atoms with Crippen molar-refractivity contribution < 1.29 is 4.79 Å². The van der Waals surface area contributed by atoms with E-state index in [0.717, 1.165) is 15.7 Å². The molecule has 3 rings (SSSR count). The fourth-order valence-corrected chi connectivity index (χ4v) is 4.19. The number of hydrogen-bond acceptors (Lipinski definition) is 4. The fourth-order valence-electron chi connectivity index (χ4n) is 2.53. The van der Waals surface area contributed by atoms with Crippen molar-refractivity contribution >= 4 is 61.9 Å². The molecule has 0 spiro atoms. The number of hydrogen-bond donors (Lipinski definition) is 1. The molecule has 0 unspecified atom stereocenters. The second-order valence-corrected chi connectivity index (χ2v) is 8.87. The minimum Gasteiger partial charge on any atom is -0.367 e. The van der Waals surface area contributed by atoms with Crippen LogP contribution in [0.4, 0.5) is 5.69 Å². The van der Waals surface area contributed by atoms with Crippen LogP contribution in [0.25, 0.3) is 6.08 Å². The van der Waals surface area contributed by atoms with Gasteiger partial charge in [0.15, 0.2) is 0 Å². The number of anilines is 1. The van der Waals surface area contributed by atoms with E-state index in [-0.39, 0.29) is 5.91 Å². The zero-order chi connectivity index (χ0) is 18.7. The zero-order valence-electron chi connectivity index (χ0n) is 14.5. The summed E-state index contributed by atoms with van der Waals surface area (Å²) in [5, 5.41) is 3.24. The average Bonchev–Trinajstić information content (AvgIpc) is 2.87. The Bertz CT molecular complexity index is 862. The molecule has 1 saturated heterocycles. The lowest BCUT2D eigenvalue weighted by Crippen LogP contribution is -2.33. The molecule has 1 aliphatic heterocycles. The molecule has 2 aromatic rings. The van der Waals surface area contributed by atoms with Crippen molar-refractivity contribution in [3.63, 3.8) is 0 Å². The third kappa shape index (κ3) is 4.55. The maximum Gasteiger partial charge on any atom is 0.267 e. The summed E-state index contributed by atoms with van der Waals surface area (Å²) in [5.41, 5.74) is 3.23. The Morgan fingerprint density at radius 2 is 1.96 bits per heavy atom. The van der Waals surface area contributed by atoms with Gasteiger partial charge < -0.3 is 5.32 Å². The third-order valence-corrected chi connectivity index (χ3v) is 5.91. The number of benzene rings is 2. The highest BCUT2D eigenvalue weighted by molar-refractivity contribution is 9.10. The van der Waals surface area contributed by atoms with E-state index in [1.165, 1.54) is 17.3 Å². The van der Waals surface area contributed by atoms with E-state index in [1.54, 1.807) is 4.90 Å². The summed E-state index contributed by atoms with van der Waals surface area (Å²) in [6.07, 6.45) is 1.91. The van der Waals surface area contributed by atoms with Crippen LogP contribution in [0.1, 0.15) is 30.9 Å². The molecule has 6 heteroatoms. The Labute approximate surface area is 172 Å². The molecule has 1 N–H and O–H groups in total. The largest absolute Gasteiger partial charge is 0.367 e. The van der Waals surface area contributed by atoms with E-state index in [0.29, 0.717) is 21.8 Å². The lowest BCUT2D eigenvalue weighted by atomic mass is 10.0. The molecule has 0 aromatic heterocycles. The van der Waals surface area contributed by atoms with Gasteiger partial charge in [-0.15, -0.1) is 0 Å². The summed E-state index contributed by atoms with van der Waals surface area (Å²) in [5.74, 6) is 0.432. The van der Waals surface area contributed by atoms with E-state index in [1.807, 2.05) is 42.5 Å². The van der Waals surface area contributed by atoms with Crippen LogP contribution in [0.3, 0.4) is 0 Å². The minimum absolute atomic E-state index is 0.0598. The molecule has 0 saturated carbocycles. The Morgan fingerprint density at radius 1 is 1.23 bits per heavy atom. The maximum atomic E-state index is 12.7. The number of nitrogens with zero attached hydrogens (tertiary/aromatic N) is 1. The molecule has 1 aliphatic rings. The molecule has 0 aliphatic carbocycles. The van der Waals surface area contributed by atoms with Gasteiger partial charge in [-0.2, -0.15) is 0 Å².